The summed E-state index contributed by atoms with van der Waals surface area (Å²) < 4.78 is 0. The van der Waals surface area contributed by atoms with Gasteiger partial charge in [-0.15, -0.1) is 0 Å². The fourth-order valence-corrected chi connectivity index (χ4v) is 1.44. The SMILES string of the molecule is NC(=O)CCNC(=O)Nc1ccc(C(=O)O)cc1Cl. The molecule has 0 aliphatic rings. The van der Waals surface area contributed by atoms with E-state index in [0.29, 0.717) is 0 Å². The van der Waals surface area contributed by atoms with Crippen LogP contribution in [0.15, 0.2) is 18.2 Å². The van der Waals surface area contributed by atoms with Crippen molar-refractivity contribution in [1.29, 1.82) is 0 Å². The Balaban J connectivity index is 2.59. The number of hydrogen-bond donors (Lipinski definition) is 4. The van der Waals surface area contributed by atoms with Crippen molar-refractivity contribution in [2.24, 2.45) is 5.73 Å². The predicted octanol–water partition coefficient (Wildman–Crippen LogP) is 1.04. The molecule has 0 radical (unpaired) electrons. The Hall–Kier alpha value is -2.28. The monoisotopic (exact) mass is 285 g/mol. The molecule has 0 aromatic heterocycles. The number of carboxylic acid groups (broad SMARTS) is 1. The first-order valence-electron chi connectivity index (χ1n) is 5.26. The van der Waals surface area contributed by atoms with Crippen LogP contribution in [-0.4, -0.2) is 29.6 Å². The molecule has 102 valence electrons. The summed E-state index contributed by atoms with van der Waals surface area (Å²) in [5, 5.41) is 13.7. The largest absolute Gasteiger partial charge is 0.478 e. The molecule has 0 bridgehead atoms. The summed E-state index contributed by atoms with van der Waals surface area (Å²) in [6.45, 7) is 0.103. The zero-order valence-electron chi connectivity index (χ0n) is 9.77. The number of nitrogens with one attached hydrogen (secondary N) is 2. The zero-order valence-corrected chi connectivity index (χ0v) is 10.5. The Kier molecular flexibility index (Phi) is 5.13. The van der Waals surface area contributed by atoms with E-state index in [1.807, 2.05) is 0 Å². The minimum atomic E-state index is -1.11. The highest BCUT2D eigenvalue weighted by Crippen LogP contribution is 2.22. The number of primary amides is 1. The minimum Gasteiger partial charge on any atom is -0.478 e. The topological polar surface area (TPSA) is 122 Å². The number of benzene rings is 1. The van der Waals surface area contributed by atoms with E-state index in [1.54, 1.807) is 0 Å². The second kappa shape index (κ2) is 6.60. The lowest BCUT2D eigenvalue weighted by atomic mass is 10.2. The number of halogens is 1. The van der Waals surface area contributed by atoms with Gasteiger partial charge in [0.25, 0.3) is 0 Å². The van der Waals surface area contributed by atoms with E-state index in [4.69, 9.17) is 22.4 Å². The van der Waals surface area contributed by atoms with Crippen LogP contribution in [0.25, 0.3) is 0 Å². The highest BCUT2D eigenvalue weighted by molar-refractivity contribution is 6.34. The Morgan fingerprint density at radius 3 is 2.53 bits per heavy atom. The molecule has 0 aliphatic heterocycles. The van der Waals surface area contributed by atoms with Gasteiger partial charge in [0.2, 0.25) is 5.91 Å². The molecule has 1 aromatic rings. The lowest BCUT2D eigenvalue weighted by Gasteiger charge is -2.08. The number of urea groups is 1. The van der Waals surface area contributed by atoms with Crippen molar-refractivity contribution in [3.8, 4) is 0 Å². The van der Waals surface area contributed by atoms with E-state index in [0.717, 1.165) is 0 Å². The number of rotatable bonds is 5. The maximum atomic E-state index is 11.4. The summed E-state index contributed by atoms with van der Waals surface area (Å²) in [6, 6.07) is 3.35. The Morgan fingerprint density at radius 2 is 2.00 bits per heavy atom. The molecule has 19 heavy (non-hydrogen) atoms. The van der Waals surface area contributed by atoms with E-state index in [9.17, 15) is 14.4 Å². The van der Waals surface area contributed by atoms with Crippen molar-refractivity contribution in [3.05, 3.63) is 28.8 Å². The fourth-order valence-electron chi connectivity index (χ4n) is 1.22. The van der Waals surface area contributed by atoms with Crippen LogP contribution in [0, 0.1) is 0 Å². The summed E-state index contributed by atoms with van der Waals surface area (Å²) in [4.78, 5) is 32.6. The minimum absolute atomic E-state index is 0.0182. The van der Waals surface area contributed by atoms with Crippen LogP contribution < -0.4 is 16.4 Å². The number of carbonyl (C=O) groups excluding carboxylic acids is 2. The molecular weight excluding hydrogens is 274 g/mol. The summed E-state index contributed by atoms with van der Waals surface area (Å²) in [5.41, 5.74) is 5.20. The Bertz CT molecular complexity index is 519. The van der Waals surface area contributed by atoms with Crippen molar-refractivity contribution < 1.29 is 19.5 Å². The highest BCUT2D eigenvalue weighted by atomic mass is 35.5. The van der Waals surface area contributed by atoms with Crippen LogP contribution in [0.2, 0.25) is 5.02 Å². The third-order valence-corrected chi connectivity index (χ3v) is 2.43. The van der Waals surface area contributed by atoms with Crippen molar-refractivity contribution in [2.75, 3.05) is 11.9 Å². The number of amides is 3. The molecule has 1 rings (SSSR count). The maximum absolute atomic E-state index is 11.4. The van der Waals surface area contributed by atoms with E-state index >= 15 is 0 Å². The number of carboxylic acids is 1. The number of aromatic carboxylic acids is 1. The van der Waals surface area contributed by atoms with Crippen LogP contribution in [0.3, 0.4) is 0 Å². The normalized spacial score (nSPS) is 9.74. The predicted molar refractivity (Wildman–Crippen MR) is 69.2 cm³/mol. The van der Waals surface area contributed by atoms with Gasteiger partial charge in [-0.1, -0.05) is 11.6 Å². The summed E-state index contributed by atoms with van der Waals surface area (Å²) in [7, 11) is 0. The molecule has 0 spiro atoms. The van der Waals surface area contributed by atoms with Crippen LogP contribution >= 0.6 is 11.6 Å². The standard InChI is InChI=1S/C11H12ClN3O4/c12-7-5-6(10(17)18)1-2-8(7)15-11(19)14-4-3-9(13)16/h1-2,5H,3-4H2,(H2,13,16)(H,17,18)(H2,14,15,19). The molecule has 1 aromatic carbocycles. The first-order chi connectivity index (χ1) is 8.90. The molecule has 0 fully saturated rings. The van der Waals surface area contributed by atoms with Crippen molar-refractivity contribution >= 4 is 35.2 Å². The van der Waals surface area contributed by atoms with E-state index < -0.39 is 17.9 Å². The second-order valence-electron chi connectivity index (χ2n) is 3.60. The van der Waals surface area contributed by atoms with Crippen LogP contribution in [0.1, 0.15) is 16.8 Å². The smallest absolute Gasteiger partial charge is 0.335 e. The summed E-state index contributed by atoms with van der Waals surface area (Å²) >= 11 is 5.82. The third kappa shape index (κ3) is 4.84. The third-order valence-electron chi connectivity index (χ3n) is 2.12. The summed E-state index contributed by atoms with van der Waals surface area (Å²) in [6.07, 6.45) is 0.0269. The number of nitrogens with two attached hydrogens (primary N) is 1. The average Bonchev–Trinajstić information content (AvgIpc) is 2.31. The molecule has 0 saturated carbocycles. The maximum Gasteiger partial charge on any atom is 0.335 e. The van der Waals surface area contributed by atoms with Crippen molar-refractivity contribution in [2.45, 2.75) is 6.42 Å². The molecule has 0 aliphatic carbocycles. The summed E-state index contributed by atoms with van der Waals surface area (Å²) in [5.74, 6) is -1.64. The highest BCUT2D eigenvalue weighted by Gasteiger charge is 2.09. The Morgan fingerprint density at radius 1 is 1.32 bits per heavy atom. The van der Waals surface area contributed by atoms with Gasteiger partial charge in [0.05, 0.1) is 16.3 Å². The van der Waals surface area contributed by atoms with Crippen molar-refractivity contribution in [3.63, 3.8) is 0 Å². The van der Waals surface area contributed by atoms with Gasteiger partial charge in [-0.3, -0.25) is 4.79 Å². The molecule has 0 atom stereocenters. The Labute approximate surface area is 113 Å². The molecular formula is C11H12ClN3O4. The van der Waals surface area contributed by atoms with Gasteiger partial charge in [0.1, 0.15) is 0 Å². The van der Waals surface area contributed by atoms with Gasteiger partial charge < -0.3 is 21.5 Å². The second-order valence-corrected chi connectivity index (χ2v) is 4.00. The van der Waals surface area contributed by atoms with Crippen LogP contribution in [-0.2, 0) is 4.79 Å². The molecule has 5 N–H and O–H groups in total. The molecule has 0 unspecified atom stereocenters. The number of anilines is 1. The van der Waals surface area contributed by atoms with E-state index in [1.165, 1.54) is 18.2 Å². The number of carbonyl (C=O) groups is 3. The van der Waals surface area contributed by atoms with E-state index in [2.05, 4.69) is 10.6 Å². The van der Waals surface area contributed by atoms with Gasteiger partial charge >= 0.3 is 12.0 Å². The molecule has 3 amide bonds. The lowest BCUT2D eigenvalue weighted by molar-refractivity contribution is -0.117. The molecule has 8 heteroatoms. The van der Waals surface area contributed by atoms with Crippen molar-refractivity contribution in [1.82, 2.24) is 5.32 Å². The van der Waals surface area contributed by atoms with Gasteiger partial charge in [-0.25, -0.2) is 9.59 Å². The van der Waals surface area contributed by atoms with Gasteiger partial charge in [0, 0.05) is 13.0 Å². The molecule has 7 nitrogen and oxygen atoms in total. The fraction of sp³-hybridized carbons (Fsp3) is 0.182. The molecule has 0 saturated heterocycles. The quantitative estimate of drug-likeness (QED) is 0.645. The van der Waals surface area contributed by atoms with Crippen LogP contribution in [0.5, 0.6) is 0 Å². The van der Waals surface area contributed by atoms with Gasteiger partial charge in [-0.05, 0) is 18.2 Å². The zero-order chi connectivity index (χ0) is 14.4. The average molecular weight is 286 g/mol. The van der Waals surface area contributed by atoms with Crippen LogP contribution in [0.4, 0.5) is 10.5 Å². The lowest BCUT2D eigenvalue weighted by Crippen LogP contribution is -2.31. The van der Waals surface area contributed by atoms with Gasteiger partial charge in [-0.2, -0.15) is 0 Å². The first-order valence-corrected chi connectivity index (χ1v) is 5.64. The first kappa shape index (κ1) is 14.8. The number of hydrogen-bond acceptors (Lipinski definition) is 3. The molecule has 0 heterocycles. The van der Waals surface area contributed by atoms with Gasteiger partial charge in [0.15, 0.2) is 0 Å². The van der Waals surface area contributed by atoms with E-state index in [-0.39, 0.29) is 29.2 Å².